The van der Waals surface area contributed by atoms with Gasteiger partial charge in [-0.05, 0) is 30.7 Å². The molecule has 20 heavy (non-hydrogen) atoms. The van der Waals surface area contributed by atoms with Crippen molar-refractivity contribution in [3.8, 4) is 0 Å². The third kappa shape index (κ3) is 3.03. The molecule has 0 heterocycles. The first-order valence-electron chi connectivity index (χ1n) is 6.03. The number of rotatable bonds is 4. The first kappa shape index (κ1) is 13.8. The molecule has 0 radical (unpaired) electrons. The van der Waals surface area contributed by atoms with E-state index in [1.165, 1.54) is 24.3 Å². The number of hydrogen-bond donors (Lipinski definition) is 2. The molecule has 0 saturated heterocycles. The van der Waals surface area contributed by atoms with Crippen LogP contribution in [-0.2, 0) is 0 Å². The van der Waals surface area contributed by atoms with Crippen LogP contribution in [0.5, 0.6) is 0 Å². The molecule has 0 aliphatic carbocycles. The standard InChI is InChI=1S/C14H14FN3O2/c1-9(10-2-4-11(15)5-3-10)17-14-7-6-12(18(19)20)8-13(14)16/h2-9,17H,16H2,1H3. The van der Waals surface area contributed by atoms with Gasteiger partial charge in [-0.15, -0.1) is 0 Å². The van der Waals surface area contributed by atoms with Gasteiger partial charge in [0.05, 0.1) is 16.3 Å². The fourth-order valence-corrected chi connectivity index (χ4v) is 1.86. The number of benzene rings is 2. The Morgan fingerprint density at radius 3 is 2.45 bits per heavy atom. The summed E-state index contributed by atoms with van der Waals surface area (Å²) in [4.78, 5) is 10.1. The van der Waals surface area contributed by atoms with Crippen LogP contribution in [0.1, 0.15) is 18.5 Å². The lowest BCUT2D eigenvalue weighted by Gasteiger charge is -2.17. The van der Waals surface area contributed by atoms with Crippen molar-refractivity contribution in [2.45, 2.75) is 13.0 Å². The Kier molecular flexibility index (Phi) is 3.84. The number of hydrogen-bond acceptors (Lipinski definition) is 4. The van der Waals surface area contributed by atoms with Gasteiger partial charge in [0, 0.05) is 18.2 Å². The van der Waals surface area contributed by atoms with Crippen LogP contribution in [0, 0.1) is 15.9 Å². The molecule has 2 aromatic carbocycles. The van der Waals surface area contributed by atoms with Gasteiger partial charge in [-0.25, -0.2) is 4.39 Å². The summed E-state index contributed by atoms with van der Waals surface area (Å²) in [5.41, 5.74) is 7.53. The number of nitrogens with zero attached hydrogens (tertiary/aromatic N) is 1. The van der Waals surface area contributed by atoms with Gasteiger partial charge in [0.15, 0.2) is 0 Å². The third-order valence-electron chi connectivity index (χ3n) is 2.99. The van der Waals surface area contributed by atoms with Crippen LogP contribution in [0.15, 0.2) is 42.5 Å². The molecule has 0 aromatic heterocycles. The molecule has 0 fully saturated rings. The second kappa shape index (κ2) is 5.56. The van der Waals surface area contributed by atoms with Gasteiger partial charge in [0.1, 0.15) is 5.82 Å². The molecule has 0 spiro atoms. The van der Waals surface area contributed by atoms with E-state index >= 15 is 0 Å². The van der Waals surface area contributed by atoms with Gasteiger partial charge in [0.2, 0.25) is 0 Å². The highest BCUT2D eigenvalue weighted by Gasteiger charge is 2.11. The molecule has 0 aliphatic heterocycles. The fraction of sp³-hybridized carbons (Fsp3) is 0.143. The molecule has 2 aromatic rings. The van der Waals surface area contributed by atoms with Crippen LogP contribution in [0.4, 0.5) is 21.5 Å². The van der Waals surface area contributed by atoms with Crippen molar-refractivity contribution in [3.05, 3.63) is 64.0 Å². The summed E-state index contributed by atoms with van der Waals surface area (Å²) in [6.45, 7) is 1.90. The van der Waals surface area contributed by atoms with Gasteiger partial charge < -0.3 is 11.1 Å². The first-order valence-corrected chi connectivity index (χ1v) is 6.03. The molecular formula is C14H14FN3O2. The SMILES string of the molecule is CC(Nc1ccc([N+](=O)[O-])cc1N)c1ccc(F)cc1. The number of nitro groups is 1. The van der Waals surface area contributed by atoms with E-state index in [9.17, 15) is 14.5 Å². The number of nitro benzene ring substituents is 1. The second-order valence-electron chi connectivity index (χ2n) is 4.45. The van der Waals surface area contributed by atoms with Gasteiger partial charge >= 0.3 is 0 Å². The summed E-state index contributed by atoms with van der Waals surface area (Å²) >= 11 is 0. The van der Waals surface area contributed by atoms with Crippen LogP contribution in [0.25, 0.3) is 0 Å². The zero-order chi connectivity index (χ0) is 14.7. The Bertz CT molecular complexity index is 629. The minimum absolute atomic E-state index is 0.0533. The zero-order valence-electron chi connectivity index (χ0n) is 10.8. The molecule has 0 saturated carbocycles. The molecule has 2 rings (SSSR count). The van der Waals surface area contributed by atoms with E-state index in [1.807, 2.05) is 6.92 Å². The van der Waals surface area contributed by atoms with Crippen LogP contribution in [0.3, 0.4) is 0 Å². The van der Waals surface area contributed by atoms with Crippen molar-refractivity contribution in [1.29, 1.82) is 0 Å². The van der Waals surface area contributed by atoms with Crippen LogP contribution >= 0.6 is 0 Å². The summed E-state index contributed by atoms with van der Waals surface area (Å²) < 4.78 is 12.9. The normalized spacial score (nSPS) is 11.9. The van der Waals surface area contributed by atoms with E-state index < -0.39 is 4.92 Å². The zero-order valence-corrected chi connectivity index (χ0v) is 10.8. The minimum Gasteiger partial charge on any atom is -0.397 e. The summed E-state index contributed by atoms with van der Waals surface area (Å²) in [5, 5.41) is 13.8. The number of non-ortho nitro benzene ring substituents is 1. The Hall–Kier alpha value is -2.63. The van der Waals surface area contributed by atoms with E-state index in [4.69, 9.17) is 5.73 Å². The minimum atomic E-state index is -0.496. The maximum atomic E-state index is 12.9. The molecule has 1 atom stereocenters. The van der Waals surface area contributed by atoms with E-state index in [2.05, 4.69) is 5.32 Å². The quantitative estimate of drug-likeness (QED) is 0.508. The van der Waals surface area contributed by atoms with Crippen molar-refractivity contribution < 1.29 is 9.31 Å². The highest BCUT2D eigenvalue weighted by molar-refractivity contribution is 5.69. The molecule has 6 heteroatoms. The molecule has 0 aliphatic rings. The lowest BCUT2D eigenvalue weighted by atomic mass is 10.1. The molecule has 5 nitrogen and oxygen atoms in total. The van der Waals surface area contributed by atoms with Gasteiger partial charge in [-0.3, -0.25) is 10.1 Å². The van der Waals surface area contributed by atoms with Gasteiger partial charge in [0.25, 0.3) is 5.69 Å². The Morgan fingerprint density at radius 1 is 1.25 bits per heavy atom. The van der Waals surface area contributed by atoms with E-state index in [-0.39, 0.29) is 17.5 Å². The smallest absolute Gasteiger partial charge is 0.271 e. The number of halogens is 1. The summed E-state index contributed by atoms with van der Waals surface area (Å²) in [5.74, 6) is -0.296. The van der Waals surface area contributed by atoms with Gasteiger partial charge in [-0.2, -0.15) is 0 Å². The third-order valence-corrected chi connectivity index (χ3v) is 2.99. The summed E-state index contributed by atoms with van der Waals surface area (Å²) in [7, 11) is 0. The predicted molar refractivity (Wildman–Crippen MR) is 75.9 cm³/mol. The number of nitrogen functional groups attached to an aromatic ring is 1. The lowest BCUT2D eigenvalue weighted by molar-refractivity contribution is -0.384. The van der Waals surface area contributed by atoms with E-state index in [0.29, 0.717) is 11.4 Å². The second-order valence-corrected chi connectivity index (χ2v) is 4.45. The van der Waals surface area contributed by atoms with E-state index in [1.54, 1.807) is 18.2 Å². The largest absolute Gasteiger partial charge is 0.397 e. The highest BCUT2D eigenvalue weighted by Crippen LogP contribution is 2.27. The van der Waals surface area contributed by atoms with E-state index in [0.717, 1.165) is 5.56 Å². The summed E-state index contributed by atoms with van der Waals surface area (Å²) in [6.07, 6.45) is 0. The average Bonchev–Trinajstić information content (AvgIpc) is 2.41. The molecular weight excluding hydrogens is 261 g/mol. The lowest BCUT2D eigenvalue weighted by Crippen LogP contribution is -2.08. The fourth-order valence-electron chi connectivity index (χ4n) is 1.86. The first-order chi connectivity index (χ1) is 9.47. The average molecular weight is 275 g/mol. The van der Waals surface area contributed by atoms with Crippen molar-refractivity contribution in [3.63, 3.8) is 0 Å². The van der Waals surface area contributed by atoms with Crippen molar-refractivity contribution in [2.75, 3.05) is 11.1 Å². The molecule has 0 amide bonds. The predicted octanol–water partition coefficient (Wildman–Crippen LogP) is 3.49. The highest BCUT2D eigenvalue weighted by atomic mass is 19.1. The topological polar surface area (TPSA) is 81.2 Å². The maximum absolute atomic E-state index is 12.9. The number of anilines is 2. The molecule has 1 unspecified atom stereocenters. The van der Waals surface area contributed by atoms with Crippen molar-refractivity contribution in [2.24, 2.45) is 0 Å². The van der Waals surface area contributed by atoms with Crippen LogP contribution < -0.4 is 11.1 Å². The molecule has 0 bridgehead atoms. The Morgan fingerprint density at radius 2 is 1.90 bits per heavy atom. The monoisotopic (exact) mass is 275 g/mol. The molecule has 3 N–H and O–H groups in total. The van der Waals surface area contributed by atoms with Gasteiger partial charge in [-0.1, -0.05) is 12.1 Å². The Balaban J connectivity index is 2.17. The molecule has 104 valence electrons. The van der Waals surface area contributed by atoms with Crippen molar-refractivity contribution >= 4 is 17.1 Å². The maximum Gasteiger partial charge on any atom is 0.271 e. The number of nitrogens with two attached hydrogens (primary N) is 1. The number of nitrogens with one attached hydrogen (secondary N) is 1. The van der Waals surface area contributed by atoms with Crippen LogP contribution in [-0.4, -0.2) is 4.92 Å². The van der Waals surface area contributed by atoms with Crippen molar-refractivity contribution in [1.82, 2.24) is 0 Å². The van der Waals surface area contributed by atoms with Crippen LogP contribution in [0.2, 0.25) is 0 Å². The summed E-state index contributed by atoms with van der Waals surface area (Å²) in [6, 6.07) is 10.3. The Labute approximate surface area is 115 Å².